The molecular formula is C11H15N3O3. The number of rotatable bonds is 4. The summed E-state index contributed by atoms with van der Waals surface area (Å²) in [5.74, 6) is -1.05. The van der Waals surface area contributed by atoms with Gasteiger partial charge in [0.05, 0.1) is 11.9 Å². The molecule has 92 valence electrons. The van der Waals surface area contributed by atoms with Crippen LogP contribution in [0.15, 0.2) is 18.5 Å². The topological polar surface area (TPSA) is 91.3 Å². The Morgan fingerprint density at radius 3 is 2.76 bits per heavy atom. The minimum absolute atomic E-state index is 0.328. The van der Waals surface area contributed by atoms with Crippen molar-refractivity contribution in [2.45, 2.75) is 26.3 Å². The summed E-state index contributed by atoms with van der Waals surface area (Å²) in [6.45, 7) is 3.51. The Kier molecular flexibility index (Phi) is 4.45. The van der Waals surface area contributed by atoms with Crippen LogP contribution in [-0.4, -0.2) is 28.1 Å². The third kappa shape index (κ3) is 3.75. The summed E-state index contributed by atoms with van der Waals surface area (Å²) in [5, 5.41) is 13.7. The van der Waals surface area contributed by atoms with Crippen LogP contribution in [0.2, 0.25) is 0 Å². The summed E-state index contributed by atoms with van der Waals surface area (Å²) < 4.78 is 0. The normalized spacial score (nSPS) is 11.6. The first-order valence-electron chi connectivity index (χ1n) is 5.25. The third-order valence-corrected chi connectivity index (χ3v) is 2.30. The first-order chi connectivity index (χ1) is 8.04. The molecule has 0 aliphatic heterocycles. The number of nitrogens with one attached hydrogen (secondary N) is 2. The van der Waals surface area contributed by atoms with Crippen LogP contribution in [0.5, 0.6) is 0 Å². The summed E-state index contributed by atoms with van der Waals surface area (Å²) in [7, 11) is 0. The quantitative estimate of drug-likeness (QED) is 0.737. The van der Waals surface area contributed by atoms with Crippen LogP contribution in [0.25, 0.3) is 0 Å². The van der Waals surface area contributed by atoms with Crippen molar-refractivity contribution < 1.29 is 14.7 Å². The van der Waals surface area contributed by atoms with Gasteiger partial charge in [-0.05, 0) is 25.0 Å². The molecule has 0 saturated carbocycles. The molecule has 17 heavy (non-hydrogen) atoms. The predicted octanol–water partition coefficient (Wildman–Crippen LogP) is 1.37. The van der Waals surface area contributed by atoms with Gasteiger partial charge >= 0.3 is 12.0 Å². The number of pyridine rings is 1. The standard InChI is InChI=1S/C11H15N3O3/c1-3-8(10(15)16)13-11(17)14-9-6-12-5-4-7(9)2/h4-6,8H,3H2,1-2H3,(H,15,16)(H2,13,14,17)/t8-/m0/s1. The van der Waals surface area contributed by atoms with Crippen molar-refractivity contribution in [2.24, 2.45) is 0 Å². The fraction of sp³-hybridized carbons (Fsp3) is 0.364. The van der Waals surface area contributed by atoms with Crippen LogP contribution in [-0.2, 0) is 4.79 Å². The molecular weight excluding hydrogens is 222 g/mol. The largest absolute Gasteiger partial charge is 0.480 e. The van der Waals surface area contributed by atoms with Gasteiger partial charge in [0.1, 0.15) is 6.04 Å². The molecule has 1 atom stereocenters. The minimum Gasteiger partial charge on any atom is -0.480 e. The summed E-state index contributed by atoms with van der Waals surface area (Å²) in [4.78, 5) is 26.1. The van der Waals surface area contributed by atoms with Crippen LogP contribution in [0, 0.1) is 6.92 Å². The maximum atomic E-state index is 11.5. The molecule has 0 aliphatic carbocycles. The molecule has 0 aromatic carbocycles. The van der Waals surface area contributed by atoms with E-state index in [1.165, 1.54) is 6.20 Å². The number of anilines is 1. The SMILES string of the molecule is CC[C@H](NC(=O)Nc1cnccc1C)C(=O)O. The van der Waals surface area contributed by atoms with Crippen molar-refractivity contribution in [2.75, 3.05) is 5.32 Å². The van der Waals surface area contributed by atoms with E-state index in [-0.39, 0.29) is 0 Å². The molecule has 0 spiro atoms. The molecule has 0 radical (unpaired) electrons. The number of urea groups is 1. The van der Waals surface area contributed by atoms with Crippen LogP contribution >= 0.6 is 0 Å². The number of carbonyl (C=O) groups excluding carboxylic acids is 1. The molecule has 2 amide bonds. The lowest BCUT2D eigenvalue weighted by atomic mass is 10.2. The van der Waals surface area contributed by atoms with E-state index in [4.69, 9.17) is 5.11 Å². The van der Waals surface area contributed by atoms with Gasteiger partial charge in [0.2, 0.25) is 0 Å². The zero-order valence-corrected chi connectivity index (χ0v) is 9.73. The van der Waals surface area contributed by atoms with E-state index in [1.807, 2.05) is 6.92 Å². The highest BCUT2D eigenvalue weighted by molar-refractivity contribution is 5.92. The Labute approximate surface area is 99.1 Å². The molecule has 0 fully saturated rings. The van der Waals surface area contributed by atoms with Crippen LogP contribution in [0.3, 0.4) is 0 Å². The third-order valence-electron chi connectivity index (χ3n) is 2.30. The van der Waals surface area contributed by atoms with Crippen molar-refractivity contribution >= 4 is 17.7 Å². The maximum Gasteiger partial charge on any atom is 0.326 e. The molecule has 0 aliphatic rings. The van der Waals surface area contributed by atoms with Gasteiger partial charge in [0, 0.05) is 6.20 Å². The molecule has 0 bridgehead atoms. The van der Waals surface area contributed by atoms with Crippen molar-refractivity contribution in [1.82, 2.24) is 10.3 Å². The second-order valence-corrected chi connectivity index (χ2v) is 3.59. The number of carbonyl (C=O) groups is 2. The summed E-state index contributed by atoms with van der Waals surface area (Å²) in [6.07, 6.45) is 3.45. The monoisotopic (exact) mass is 237 g/mol. The highest BCUT2D eigenvalue weighted by atomic mass is 16.4. The van der Waals surface area contributed by atoms with Crippen LogP contribution in [0.4, 0.5) is 10.5 Å². The molecule has 1 heterocycles. The number of amides is 2. The fourth-order valence-corrected chi connectivity index (χ4v) is 1.25. The van der Waals surface area contributed by atoms with E-state index in [1.54, 1.807) is 19.2 Å². The number of carboxylic acids is 1. The minimum atomic E-state index is -1.05. The van der Waals surface area contributed by atoms with Gasteiger partial charge in [-0.15, -0.1) is 0 Å². The lowest BCUT2D eigenvalue weighted by Gasteiger charge is -2.13. The Balaban J connectivity index is 2.61. The zero-order chi connectivity index (χ0) is 12.8. The Hall–Kier alpha value is -2.11. The number of carboxylic acid groups (broad SMARTS) is 1. The Bertz CT molecular complexity index is 420. The van der Waals surface area contributed by atoms with Gasteiger partial charge in [-0.3, -0.25) is 4.98 Å². The van der Waals surface area contributed by atoms with Gasteiger partial charge in [-0.1, -0.05) is 6.92 Å². The molecule has 0 saturated heterocycles. The van der Waals surface area contributed by atoms with Crippen molar-refractivity contribution in [3.63, 3.8) is 0 Å². The van der Waals surface area contributed by atoms with Crippen molar-refractivity contribution in [3.05, 3.63) is 24.0 Å². The van der Waals surface area contributed by atoms with Crippen molar-refractivity contribution in [1.29, 1.82) is 0 Å². The molecule has 6 heteroatoms. The van der Waals surface area contributed by atoms with E-state index >= 15 is 0 Å². The fourth-order valence-electron chi connectivity index (χ4n) is 1.25. The molecule has 1 rings (SSSR count). The summed E-state index contributed by atoms with van der Waals surface area (Å²) in [5.41, 5.74) is 1.42. The van der Waals surface area contributed by atoms with E-state index in [2.05, 4.69) is 15.6 Å². The van der Waals surface area contributed by atoms with Gasteiger partial charge in [-0.2, -0.15) is 0 Å². The van der Waals surface area contributed by atoms with Gasteiger partial charge in [-0.25, -0.2) is 9.59 Å². The van der Waals surface area contributed by atoms with Crippen LogP contribution < -0.4 is 10.6 Å². The number of nitrogens with zero attached hydrogens (tertiary/aromatic N) is 1. The first-order valence-corrected chi connectivity index (χ1v) is 5.25. The Morgan fingerprint density at radius 2 is 2.24 bits per heavy atom. The number of aryl methyl sites for hydroxylation is 1. The zero-order valence-electron chi connectivity index (χ0n) is 9.73. The van der Waals surface area contributed by atoms with Gasteiger partial charge in [0.25, 0.3) is 0 Å². The molecule has 1 aromatic rings. The second kappa shape index (κ2) is 5.83. The lowest BCUT2D eigenvalue weighted by Crippen LogP contribution is -2.42. The average molecular weight is 237 g/mol. The highest BCUT2D eigenvalue weighted by Crippen LogP contribution is 2.10. The highest BCUT2D eigenvalue weighted by Gasteiger charge is 2.17. The lowest BCUT2D eigenvalue weighted by molar-refractivity contribution is -0.139. The number of aromatic nitrogens is 1. The summed E-state index contributed by atoms with van der Waals surface area (Å²) in [6, 6.07) is 0.326. The van der Waals surface area contributed by atoms with E-state index in [0.717, 1.165) is 5.56 Å². The van der Waals surface area contributed by atoms with E-state index in [9.17, 15) is 9.59 Å². The van der Waals surface area contributed by atoms with E-state index in [0.29, 0.717) is 12.1 Å². The number of hydrogen-bond donors (Lipinski definition) is 3. The smallest absolute Gasteiger partial charge is 0.326 e. The predicted molar refractivity (Wildman–Crippen MR) is 62.8 cm³/mol. The van der Waals surface area contributed by atoms with Crippen LogP contribution in [0.1, 0.15) is 18.9 Å². The summed E-state index contributed by atoms with van der Waals surface area (Å²) >= 11 is 0. The van der Waals surface area contributed by atoms with Gasteiger partial charge < -0.3 is 15.7 Å². The molecule has 3 N–H and O–H groups in total. The average Bonchev–Trinajstić information content (AvgIpc) is 2.28. The number of aliphatic carboxylic acids is 1. The van der Waals surface area contributed by atoms with Gasteiger partial charge in [0.15, 0.2) is 0 Å². The second-order valence-electron chi connectivity index (χ2n) is 3.59. The molecule has 6 nitrogen and oxygen atoms in total. The maximum absolute atomic E-state index is 11.5. The molecule has 0 unspecified atom stereocenters. The number of hydrogen-bond acceptors (Lipinski definition) is 3. The Morgan fingerprint density at radius 1 is 1.53 bits per heavy atom. The van der Waals surface area contributed by atoms with Crippen molar-refractivity contribution in [3.8, 4) is 0 Å². The first kappa shape index (κ1) is 13.0. The van der Waals surface area contributed by atoms with E-state index < -0.39 is 18.0 Å². The molecule has 1 aromatic heterocycles.